The smallest absolute Gasteiger partial charge is 0.113 e. The maximum atomic E-state index is 9.91. The molecule has 0 aliphatic carbocycles. The lowest BCUT2D eigenvalue weighted by Gasteiger charge is -2.28. The topological polar surface area (TPSA) is 46.2 Å². The third kappa shape index (κ3) is 21.0. The highest BCUT2D eigenvalue weighted by Crippen LogP contribution is 2.23. The molecule has 0 radical (unpaired) electrons. The Morgan fingerprint density at radius 2 is 0.828 bits per heavy atom. The van der Waals surface area contributed by atoms with E-state index in [0.29, 0.717) is 0 Å². The summed E-state index contributed by atoms with van der Waals surface area (Å²) in [4.78, 5) is 0. The Morgan fingerprint density at radius 1 is 0.552 bits per heavy atom. The van der Waals surface area contributed by atoms with Gasteiger partial charge in [0.15, 0.2) is 0 Å². The van der Waals surface area contributed by atoms with Crippen molar-refractivity contribution in [1.29, 1.82) is 0 Å². The lowest BCUT2D eigenvalue weighted by molar-refractivity contribution is -0.00149. The van der Waals surface area contributed by atoms with Crippen LogP contribution in [-0.2, 0) is 0 Å². The second kappa shape index (κ2) is 21.2. The first-order valence-corrected chi connectivity index (χ1v) is 13.5. The van der Waals surface area contributed by atoms with Crippen LogP contribution in [0.4, 0.5) is 0 Å². The van der Waals surface area contributed by atoms with Crippen molar-refractivity contribution >= 4 is 0 Å². The average molecular weight is 412 g/mol. The van der Waals surface area contributed by atoms with E-state index < -0.39 is 5.72 Å². The fourth-order valence-electron chi connectivity index (χ4n) is 4.56. The quantitative estimate of drug-likeness (QED) is 0.130. The Labute approximate surface area is 184 Å². The summed E-state index contributed by atoms with van der Waals surface area (Å²) in [6, 6.07) is 0. The molecule has 2 nitrogen and oxygen atoms in total. The molecule has 0 amide bonds. The van der Waals surface area contributed by atoms with Crippen molar-refractivity contribution in [3.63, 3.8) is 0 Å². The van der Waals surface area contributed by atoms with E-state index >= 15 is 0 Å². The number of unbranched alkanes of at least 4 members (excludes halogenated alkanes) is 19. The summed E-state index contributed by atoms with van der Waals surface area (Å²) >= 11 is 0. The average Bonchev–Trinajstić information content (AvgIpc) is 2.68. The molecule has 29 heavy (non-hydrogen) atoms. The van der Waals surface area contributed by atoms with Crippen LogP contribution >= 0.6 is 0 Å². The highest BCUT2D eigenvalue weighted by molar-refractivity contribution is 4.74. The maximum Gasteiger partial charge on any atom is 0.113 e. The fraction of sp³-hybridized carbons (Fsp3) is 1.00. The summed E-state index contributed by atoms with van der Waals surface area (Å²) in [7, 11) is 0. The van der Waals surface area contributed by atoms with Crippen LogP contribution in [0.15, 0.2) is 0 Å². The summed E-state index contributed by atoms with van der Waals surface area (Å²) in [5, 5.41) is 9.91. The summed E-state index contributed by atoms with van der Waals surface area (Å²) in [5.41, 5.74) is 4.83. The van der Waals surface area contributed by atoms with Crippen LogP contribution in [0.25, 0.3) is 0 Å². The van der Waals surface area contributed by atoms with E-state index in [2.05, 4.69) is 13.8 Å². The van der Waals surface area contributed by atoms with E-state index in [1.807, 2.05) is 0 Å². The van der Waals surface area contributed by atoms with Gasteiger partial charge in [-0.15, -0.1) is 0 Å². The van der Waals surface area contributed by atoms with E-state index in [4.69, 9.17) is 5.73 Å². The minimum Gasteiger partial charge on any atom is -0.376 e. The Balaban J connectivity index is 3.15. The van der Waals surface area contributed by atoms with Crippen LogP contribution in [-0.4, -0.2) is 10.8 Å². The van der Waals surface area contributed by atoms with Gasteiger partial charge in [-0.05, 0) is 19.8 Å². The van der Waals surface area contributed by atoms with Crippen molar-refractivity contribution in [3.05, 3.63) is 0 Å². The van der Waals surface area contributed by atoms with Crippen LogP contribution in [0.2, 0.25) is 0 Å². The third-order valence-electron chi connectivity index (χ3n) is 6.73. The molecule has 0 bridgehead atoms. The van der Waals surface area contributed by atoms with Crippen molar-refractivity contribution < 1.29 is 5.11 Å². The van der Waals surface area contributed by atoms with Crippen molar-refractivity contribution in [2.75, 3.05) is 0 Å². The van der Waals surface area contributed by atoms with Gasteiger partial charge in [0, 0.05) is 5.92 Å². The zero-order valence-corrected chi connectivity index (χ0v) is 20.7. The number of aliphatic hydroxyl groups is 1. The summed E-state index contributed by atoms with van der Waals surface area (Å²) in [6.07, 6.45) is 30.4. The summed E-state index contributed by atoms with van der Waals surface area (Å²) in [5.74, 6) is 0.248. The Kier molecular flexibility index (Phi) is 21.1. The lowest BCUT2D eigenvalue weighted by atomic mass is 9.89. The SMILES string of the molecule is CCCCCCCCCCCCCCCCCCCCCCC(CC)C(C)(N)O. The van der Waals surface area contributed by atoms with E-state index in [9.17, 15) is 5.11 Å². The summed E-state index contributed by atoms with van der Waals surface area (Å²) < 4.78 is 0. The molecule has 0 rings (SSSR count). The molecule has 0 aliphatic rings. The summed E-state index contributed by atoms with van der Waals surface area (Å²) in [6.45, 7) is 6.17. The molecule has 0 saturated carbocycles. The number of nitrogens with two attached hydrogens (primary N) is 1. The van der Waals surface area contributed by atoms with E-state index in [0.717, 1.165) is 12.8 Å². The van der Waals surface area contributed by atoms with E-state index in [1.165, 1.54) is 128 Å². The standard InChI is InChI=1S/C27H57NO/c1-4-6-7-8-9-10-11-12-13-14-15-16-17-18-19-20-21-22-23-24-25-26(5-2)27(3,28)29/h26,29H,4-25,28H2,1-3H3. The molecule has 2 heteroatoms. The molecule has 0 aromatic rings. The molecule has 3 N–H and O–H groups in total. The van der Waals surface area contributed by atoms with Crippen molar-refractivity contribution in [1.82, 2.24) is 0 Å². The monoisotopic (exact) mass is 411 g/mol. The predicted octanol–water partition coefficient (Wildman–Crippen LogP) is 8.89. The molecule has 0 aliphatic heterocycles. The Hall–Kier alpha value is -0.0800. The lowest BCUT2D eigenvalue weighted by Crippen LogP contribution is -2.43. The zero-order chi connectivity index (χ0) is 21.6. The third-order valence-corrected chi connectivity index (χ3v) is 6.73. The second-order valence-corrected chi connectivity index (χ2v) is 9.84. The van der Waals surface area contributed by atoms with Crippen LogP contribution in [0.3, 0.4) is 0 Å². The molecule has 0 spiro atoms. The fourth-order valence-corrected chi connectivity index (χ4v) is 4.56. The first kappa shape index (κ1) is 28.9. The minimum atomic E-state index is -0.997. The molecule has 0 saturated heterocycles. The first-order chi connectivity index (χ1) is 14.0. The number of hydrogen-bond donors (Lipinski definition) is 2. The van der Waals surface area contributed by atoms with Gasteiger partial charge in [0.1, 0.15) is 5.72 Å². The molecule has 0 fully saturated rings. The number of hydrogen-bond acceptors (Lipinski definition) is 2. The minimum absolute atomic E-state index is 0.248. The molecule has 2 unspecified atom stereocenters. The predicted molar refractivity (Wildman–Crippen MR) is 131 cm³/mol. The first-order valence-electron chi connectivity index (χ1n) is 13.5. The van der Waals surface area contributed by atoms with Gasteiger partial charge in [-0.3, -0.25) is 0 Å². The highest BCUT2D eigenvalue weighted by Gasteiger charge is 2.24. The zero-order valence-electron chi connectivity index (χ0n) is 20.7. The largest absolute Gasteiger partial charge is 0.376 e. The van der Waals surface area contributed by atoms with Gasteiger partial charge < -0.3 is 10.8 Å². The molecule has 2 atom stereocenters. The van der Waals surface area contributed by atoms with Gasteiger partial charge in [0.05, 0.1) is 0 Å². The highest BCUT2D eigenvalue weighted by atomic mass is 16.3. The second-order valence-electron chi connectivity index (χ2n) is 9.84. The van der Waals surface area contributed by atoms with Crippen LogP contribution in [0.5, 0.6) is 0 Å². The Bertz CT molecular complexity index is 310. The molecule has 0 aromatic carbocycles. The van der Waals surface area contributed by atoms with Gasteiger partial charge in [-0.1, -0.05) is 142 Å². The molecule has 176 valence electrons. The van der Waals surface area contributed by atoms with Crippen molar-refractivity contribution in [3.8, 4) is 0 Å². The van der Waals surface area contributed by atoms with Gasteiger partial charge in [0.2, 0.25) is 0 Å². The van der Waals surface area contributed by atoms with E-state index in [-0.39, 0.29) is 5.92 Å². The molecule has 0 heterocycles. The van der Waals surface area contributed by atoms with Crippen LogP contribution in [0, 0.1) is 5.92 Å². The van der Waals surface area contributed by atoms with Gasteiger partial charge >= 0.3 is 0 Å². The number of rotatable bonds is 23. The van der Waals surface area contributed by atoms with Crippen molar-refractivity contribution in [2.24, 2.45) is 11.7 Å². The molecular formula is C27H57NO. The normalized spacial score (nSPS) is 14.8. The van der Waals surface area contributed by atoms with Crippen molar-refractivity contribution in [2.45, 2.75) is 168 Å². The van der Waals surface area contributed by atoms with E-state index in [1.54, 1.807) is 6.92 Å². The van der Waals surface area contributed by atoms with Gasteiger partial charge in [-0.25, -0.2) is 0 Å². The Morgan fingerprint density at radius 3 is 1.07 bits per heavy atom. The molecule has 0 aromatic heterocycles. The van der Waals surface area contributed by atoms with Gasteiger partial charge in [0.25, 0.3) is 0 Å². The van der Waals surface area contributed by atoms with Gasteiger partial charge in [-0.2, -0.15) is 0 Å². The van der Waals surface area contributed by atoms with Crippen LogP contribution < -0.4 is 5.73 Å². The molecular weight excluding hydrogens is 354 g/mol. The van der Waals surface area contributed by atoms with Crippen LogP contribution in [0.1, 0.15) is 162 Å². The maximum absolute atomic E-state index is 9.91.